The van der Waals surface area contributed by atoms with Crippen LogP contribution in [0.1, 0.15) is 68.6 Å². The van der Waals surface area contributed by atoms with Crippen molar-refractivity contribution in [1.29, 1.82) is 0 Å². The average molecular weight is 431 g/mol. The van der Waals surface area contributed by atoms with Gasteiger partial charge < -0.3 is 9.47 Å². The summed E-state index contributed by atoms with van der Waals surface area (Å²) >= 11 is 0. The molecule has 32 heavy (non-hydrogen) atoms. The van der Waals surface area contributed by atoms with Crippen LogP contribution in [0.4, 0.5) is 0 Å². The highest BCUT2D eigenvalue weighted by atomic mass is 16.5. The first-order valence-corrected chi connectivity index (χ1v) is 11.9. The van der Waals surface area contributed by atoms with Crippen LogP contribution in [0.5, 0.6) is 11.5 Å². The maximum Gasteiger partial charge on any atom is 0.343 e. The molecule has 0 heterocycles. The number of benzene rings is 3. The summed E-state index contributed by atoms with van der Waals surface area (Å²) in [5, 5.41) is 0. The first-order valence-electron chi connectivity index (χ1n) is 11.9. The fourth-order valence-electron chi connectivity index (χ4n) is 3.63. The van der Waals surface area contributed by atoms with E-state index in [-0.39, 0.29) is 5.97 Å². The van der Waals surface area contributed by atoms with E-state index in [0.717, 1.165) is 29.9 Å². The topological polar surface area (TPSA) is 35.5 Å². The molecular weight excluding hydrogens is 396 g/mol. The molecule has 0 radical (unpaired) electrons. The van der Waals surface area contributed by atoms with Crippen molar-refractivity contribution in [3.05, 3.63) is 84.4 Å². The predicted octanol–water partition coefficient (Wildman–Crippen LogP) is 8.09. The highest BCUT2D eigenvalue weighted by Crippen LogP contribution is 2.25. The van der Waals surface area contributed by atoms with Crippen molar-refractivity contribution in [2.24, 2.45) is 0 Å². The lowest BCUT2D eigenvalue weighted by molar-refractivity contribution is 0.0735. The molecule has 0 aliphatic heterocycles. The van der Waals surface area contributed by atoms with Crippen molar-refractivity contribution < 1.29 is 14.3 Å². The lowest BCUT2D eigenvalue weighted by atomic mass is 10.1. The van der Waals surface area contributed by atoms with Gasteiger partial charge in [0.25, 0.3) is 0 Å². The van der Waals surface area contributed by atoms with Gasteiger partial charge >= 0.3 is 5.97 Å². The fraction of sp³-hybridized carbons (Fsp3) is 0.345. The van der Waals surface area contributed by atoms with Crippen LogP contribution in [0, 0.1) is 0 Å². The molecule has 0 aliphatic carbocycles. The summed E-state index contributed by atoms with van der Waals surface area (Å²) in [5.74, 6) is 1.09. The number of unbranched alkanes of at least 4 members (excludes halogenated alkanes) is 7. The Morgan fingerprint density at radius 1 is 0.625 bits per heavy atom. The summed E-state index contributed by atoms with van der Waals surface area (Å²) in [7, 11) is 0. The number of hydrogen-bond acceptors (Lipinski definition) is 3. The van der Waals surface area contributed by atoms with Crippen molar-refractivity contribution in [2.75, 3.05) is 6.61 Å². The molecule has 3 nitrogen and oxygen atoms in total. The van der Waals surface area contributed by atoms with Gasteiger partial charge in [0.15, 0.2) is 0 Å². The summed E-state index contributed by atoms with van der Waals surface area (Å²) in [6, 6.07) is 24.7. The Morgan fingerprint density at radius 2 is 1.16 bits per heavy atom. The molecule has 0 unspecified atom stereocenters. The highest BCUT2D eigenvalue weighted by Gasteiger charge is 2.08. The van der Waals surface area contributed by atoms with Gasteiger partial charge in [-0.15, -0.1) is 0 Å². The van der Waals surface area contributed by atoms with E-state index in [1.54, 1.807) is 12.1 Å². The van der Waals surface area contributed by atoms with E-state index >= 15 is 0 Å². The Morgan fingerprint density at radius 3 is 1.75 bits per heavy atom. The number of esters is 1. The van der Waals surface area contributed by atoms with E-state index in [2.05, 4.69) is 19.1 Å². The van der Waals surface area contributed by atoms with Crippen LogP contribution in [0.15, 0.2) is 78.9 Å². The van der Waals surface area contributed by atoms with Gasteiger partial charge in [0, 0.05) is 0 Å². The smallest absolute Gasteiger partial charge is 0.343 e. The van der Waals surface area contributed by atoms with Crippen molar-refractivity contribution in [1.82, 2.24) is 0 Å². The molecule has 3 rings (SSSR count). The molecule has 0 bridgehead atoms. The third-order valence-corrected chi connectivity index (χ3v) is 5.53. The molecular formula is C29H34O3. The van der Waals surface area contributed by atoms with Gasteiger partial charge in [0.1, 0.15) is 11.5 Å². The lowest BCUT2D eigenvalue weighted by Crippen LogP contribution is -2.07. The zero-order valence-corrected chi connectivity index (χ0v) is 19.1. The van der Waals surface area contributed by atoms with Crippen LogP contribution in [-0.4, -0.2) is 12.6 Å². The van der Waals surface area contributed by atoms with Crippen LogP contribution in [0.2, 0.25) is 0 Å². The molecule has 3 aromatic rings. The third-order valence-electron chi connectivity index (χ3n) is 5.53. The molecule has 0 atom stereocenters. The molecule has 0 aliphatic rings. The summed E-state index contributed by atoms with van der Waals surface area (Å²) in [6.07, 6.45) is 10.4. The van der Waals surface area contributed by atoms with E-state index in [9.17, 15) is 4.79 Å². The number of hydrogen-bond donors (Lipinski definition) is 0. The maximum atomic E-state index is 12.2. The van der Waals surface area contributed by atoms with E-state index < -0.39 is 0 Å². The highest BCUT2D eigenvalue weighted by molar-refractivity contribution is 5.91. The van der Waals surface area contributed by atoms with E-state index in [1.807, 2.05) is 54.6 Å². The third kappa shape index (κ3) is 7.88. The number of carbonyl (C=O) groups excluding carboxylic acids is 1. The largest absolute Gasteiger partial charge is 0.494 e. The molecule has 0 spiro atoms. The average Bonchev–Trinajstić information content (AvgIpc) is 2.84. The zero-order chi connectivity index (χ0) is 22.4. The minimum absolute atomic E-state index is 0.351. The second-order valence-electron chi connectivity index (χ2n) is 8.13. The quantitative estimate of drug-likeness (QED) is 0.156. The lowest BCUT2D eigenvalue weighted by Gasteiger charge is -2.09. The monoisotopic (exact) mass is 430 g/mol. The van der Waals surface area contributed by atoms with Gasteiger partial charge in [-0.3, -0.25) is 0 Å². The number of ether oxygens (including phenoxy) is 2. The molecule has 0 saturated carbocycles. The van der Waals surface area contributed by atoms with Gasteiger partial charge in [-0.05, 0) is 53.9 Å². The first kappa shape index (κ1) is 23.6. The number of carbonyl (C=O) groups is 1. The van der Waals surface area contributed by atoms with Crippen LogP contribution < -0.4 is 9.47 Å². The fourth-order valence-corrected chi connectivity index (χ4v) is 3.63. The van der Waals surface area contributed by atoms with E-state index in [4.69, 9.17) is 9.47 Å². The molecule has 0 amide bonds. The summed E-state index contributed by atoms with van der Waals surface area (Å²) in [6.45, 7) is 3.03. The standard InChI is InChI=1S/C29H34O3/c1-2-3-4-5-6-7-8-12-23-31-27-19-15-24(16-20-27)25-17-21-28(22-18-25)32-29(30)26-13-10-9-11-14-26/h9-11,13-22H,2-8,12,23H2,1H3. The van der Waals surface area contributed by atoms with Crippen molar-refractivity contribution in [2.45, 2.75) is 58.3 Å². The van der Waals surface area contributed by atoms with Gasteiger partial charge in [0.2, 0.25) is 0 Å². The van der Waals surface area contributed by atoms with Crippen molar-refractivity contribution in [3.63, 3.8) is 0 Å². The molecule has 0 fully saturated rings. The first-order chi connectivity index (χ1) is 15.8. The Kier molecular flexibility index (Phi) is 9.85. The SMILES string of the molecule is CCCCCCCCCCOc1ccc(-c2ccc(OC(=O)c3ccccc3)cc2)cc1. The predicted molar refractivity (Wildman–Crippen MR) is 131 cm³/mol. The van der Waals surface area contributed by atoms with Gasteiger partial charge in [-0.2, -0.15) is 0 Å². The van der Waals surface area contributed by atoms with E-state index in [0.29, 0.717) is 11.3 Å². The Bertz CT molecular complexity index is 915. The Hall–Kier alpha value is -3.07. The molecule has 0 aromatic heterocycles. The minimum Gasteiger partial charge on any atom is -0.494 e. The molecule has 0 saturated heterocycles. The molecule has 168 valence electrons. The summed E-state index contributed by atoms with van der Waals surface area (Å²) in [4.78, 5) is 12.2. The Labute approximate surface area is 192 Å². The minimum atomic E-state index is -0.351. The molecule has 3 aromatic carbocycles. The van der Waals surface area contributed by atoms with Gasteiger partial charge in [0.05, 0.1) is 12.2 Å². The van der Waals surface area contributed by atoms with Gasteiger partial charge in [-0.25, -0.2) is 4.79 Å². The van der Waals surface area contributed by atoms with E-state index in [1.165, 1.54) is 44.9 Å². The summed E-state index contributed by atoms with van der Waals surface area (Å²) in [5.41, 5.74) is 2.71. The maximum absolute atomic E-state index is 12.2. The van der Waals surface area contributed by atoms with Crippen LogP contribution in [0.3, 0.4) is 0 Å². The van der Waals surface area contributed by atoms with Gasteiger partial charge in [-0.1, -0.05) is 94.3 Å². The second-order valence-corrected chi connectivity index (χ2v) is 8.13. The molecule has 0 N–H and O–H groups in total. The van der Waals surface area contributed by atoms with Crippen LogP contribution in [0.25, 0.3) is 11.1 Å². The normalized spacial score (nSPS) is 10.7. The number of rotatable bonds is 13. The zero-order valence-electron chi connectivity index (χ0n) is 19.1. The summed E-state index contributed by atoms with van der Waals surface area (Å²) < 4.78 is 11.3. The van der Waals surface area contributed by atoms with Crippen LogP contribution >= 0.6 is 0 Å². The Balaban J connectivity index is 1.40. The molecule has 3 heteroatoms. The second kappa shape index (κ2) is 13.4. The van der Waals surface area contributed by atoms with Crippen LogP contribution in [-0.2, 0) is 0 Å². The van der Waals surface area contributed by atoms with Crippen molar-refractivity contribution in [3.8, 4) is 22.6 Å². The van der Waals surface area contributed by atoms with Crippen molar-refractivity contribution >= 4 is 5.97 Å².